The Morgan fingerprint density at radius 1 is 1.41 bits per heavy atom. The van der Waals surface area contributed by atoms with E-state index in [9.17, 15) is 13.2 Å². The molecule has 0 saturated carbocycles. The molecule has 27 heavy (non-hydrogen) atoms. The minimum Gasteiger partial charge on any atom is -0.465 e. The predicted molar refractivity (Wildman–Crippen MR) is 101 cm³/mol. The van der Waals surface area contributed by atoms with Crippen LogP contribution in [0, 0.1) is 11.8 Å². The van der Waals surface area contributed by atoms with Gasteiger partial charge in [-0.1, -0.05) is 29.1 Å². The molecule has 0 unspecified atom stereocenters. The first kappa shape index (κ1) is 20.9. The van der Waals surface area contributed by atoms with Crippen LogP contribution in [0.2, 0.25) is 0 Å². The predicted octanol–water partition coefficient (Wildman–Crippen LogP) is 1.28. The van der Waals surface area contributed by atoms with Gasteiger partial charge in [-0.05, 0) is 31.5 Å². The molecule has 0 aliphatic carbocycles. The Morgan fingerprint density at radius 2 is 2.07 bits per heavy atom. The summed E-state index contributed by atoms with van der Waals surface area (Å²) in [5, 5.41) is 12.8. The number of oxime groups is 1. The van der Waals surface area contributed by atoms with Crippen LogP contribution in [-0.2, 0) is 24.2 Å². The molecule has 1 N–H and O–H groups in total. The van der Waals surface area contributed by atoms with Crippen molar-refractivity contribution in [3.05, 3.63) is 35.4 Å². The quantitative estimate of drug-likeness (QED) is 0.577. The summed E-state index contributed by atoms with van der Waals surface area (Å²) >= 11 is 0. The molecular weight excluding hydrogens is 370 g/mol. The Hall–Kier alpha value is -2.37. The SMILES string of the molecule is CCOC(=O)[C@@](C)(C[C@H]1CC(c2ccc(C#CCO)cc2)=NO1)S(C)(=O)=O. The highest BCUT2D eigenvalue weighted by Crippen LogP contribution is 2.30. The number of hydrogen-bond donors (Lipinski definition) is 1. The molecule has 1 aliphatic heterocycles. The van der Waals surface area contributed by atoms with E-state index in [-0.39, 0.29) is 19.6 Å². The van der Waals surface area contributed by atoms with E-state index >= 15 is 0 Å². The van der Waals surface area contributed by atoms with Gasteiger partial charge in [0.1, 0.15) is 12.7 Å². The van der Waals surface area contributed by atoms with Gasteiger partial charge in [-0.2, -0.15) is 0 Å². The summed E-state index contributed by atoms with van der Waals surface area (Å²) in [7, 11) is -3.71. The van der Waals surface area contributed by atoms with Gasteiger partial charge in [-0.15, -0.1) is 0 Å². The number of aliphatic hydroxyl groups is 1. The molecule has 0 amide bonds. The van der Waals surface area contributed by atoms with E-state index in [1.54, 1.807) is 19.1 Å². The zero-order valence-corrected chi connectivity index (χ0v) is 16.4. The van der Waals surface area contributed by atoms with Gasteiger partial charge in [-0.3, -0.25) is 4.79 Å². The van der Waals surface area contributed by atoms with E-state index in [0.717, 1.165) is 17.4 Å². The fraction of sp³-hybridized carbons (Fsp3) is 0.474. The lowest BCUT2D eigenvalue weighted by atomic mass is 9.97. The lowest BCUT2D eigenvalue weighted by molar-refractivity contribution is -0.146. The number of esters is 1. The van der Waals surface area contributed by atoms with Crippen LogP contribution in [0.25, 0.3) is 0 Å². The van der Waals surface area contributed by atoms with Crippen molar-refractivity contribution in [1.29, 1.82) is 0 Å². The monoisotopic (exact) mass is 393 g/mol. The Balaban J connectivity index is 2.10. The first-order valence-corrected chi connectivity index (χ1v) is 10.4. The van der Waals surface area contributed by atoms with Crippen molar-refractivity contribution in [1.82, 2.24) is 0 Å². The van der Waals surface area contributed by atoms with Crippen molar-refractivity contribution in [2.75, 3.05) is 19.5 Å². The first-order chi connectivity index (χ1) is 12.7. The average molecular weight is 393 g/mol. The summed E-state index contributed by atoms with van der Waals surface area (Å²) in [6.45, 7) is 2.88. The number of nitrogens with zero attached hydrogens (tertiary/aromatic N) is 1. The third-order valence-corrected chi connectivity index (χ3v) is 6.38. The smallest absolute Gasteiger partial charge is 0.327 e. The largest absolute Gasteiger partial charge is 0.465 e. The van der Waals surface area contributed by atoms with Gasteiger partial charge in [0, 0.05) is 24.7 Å². The summed E-state index contributed by atoms with van der Waals surface area (Å²) in [5.41, 5.74) is 2.25. The van der Waals surface area contributed by atoms with Gasteiger partial charge >= 0.3 is 5.97 Å². The lowest BCUT2D eigenvalue weighted by Crippen LogP contribution is -2.47. The second-order valence-corrected chi connectivity index (χ2v) is 8.88. The van der Waals surface area contributed by atoms with Crippen LogP contribution in [0.1, 0.15) is 37.8 Å². The third-order valence-electron chi connectivity index (χ3n) is 4.41. The van der Waals surface area contributed by atoms with Gasteiger partial charge in [-0.25, -0.2) is 8.42 Å². The van der Waals surface area contributed by atoms with E-state index < -0.39 is 26.7 Å². The van der Waals surface area contributed by atoms with E-state index in [0.29, 0.717) is 12.1 Å². The summed E-state index contributed by atoms with van der Waals surface area (Å²) in [4.78, 5) is 17.6. The first-order valence-electron chi connectivity index (χ1n) is 8.51. The molecule has 0 fully saturated rings. The zero-order chi connectivity index (χ0) is 20.1. The Labute approximate surface area is 159 Å². The fourth-order valence-corrected chi connectivity index (χ4v) is 3.55. The minimum atomic E-state index is -3.71. The molecule has 146 valence electrons. The summed E-state index contributed by atoms with van der Waals surface area (Å²) in [6.07, 6.45) is 0.814. The van der Waals surface area contributed by atoms with Gasteiger partial charge in [0.2, 0.25) is 0 Å². The number of sulfone groups is 1. The van der Waals surface area contributed by atoms with Crippen molar-refractivity contribution < 1.29 is 27.9 Å². The maximum absolute atomic E-state index is 12.2. The van der Waals surface area contributed by atoms with Crippen molar-refractivity contribution in [2.45, 2.75) is 37.5 Å². The molecule has 8 heteroatoms. The maximum Gasteiger partial charge on any atom is 0.327 e. The van der Waals surface area contributed by atoms with Gasteiger partial charge < -0.3 is 14.7 Å². The highest BCUT2D eigenvalue weighted by molar-refractivity contribution is 7.92. The molecule has 0 bridgehead atoms. The molecule has 7 nitrogen and oxygen atoms in total. The zero-order valence-electron chi connectivity index (χ0n) is 15.6. The van der Waals surface area contributed by atoms with E-state index in [4.69, 9.17) is 14.7 Å². The number of carbonyl (C=O) groups excluding carboxylic acids is 1. The summed E-state index contributed by atoms with van der Waals surface area (Å²) < 4.78 is 27.7. The highest BCUT2D eigenvalue weighted by atomic mass is 32.2. The number of rotatable bonds is 6. The maximum atomic E-state index is 12.2. The van der Waals surface area contributed by atoms with Crippen LogP contribution in [0.4, 0.5) is 0 Å². The van der Waals surface area contributed by atoms with Crippen LogP contribution < -0.4 is 0 Å². The average Bonchev–Trinajstić information content (AvgIpc) is 3.08. The van der Waals surface area contributed by atoms with Crippen LogP contribution in [0.15, 0.2) is 29.4 Å². The number of aliphatic hydroxyl groups excluding tert-OH is 1. The third kappa shape index (κ3) is 4.87. The molecule has 1 aliphatic rings. The second-order valence-electron chi connectivity index (χ2n) is 6.43. The molecule has 1 heterocycles. The molecule has 1 aromatic rings. The topological polar surface area (TPSA) is 102 Å². The second kappa shape index (κ2) is 8.55. The van der Waals surface area contributed by atoms with Crippen molar-refractivity contribution >= 4 is 21.5 Å². The molecule has 0 spiro atoms. The number of hydrogen-bond acceptors (Lipinski definition) is 7. The number of carbonyl (C=O) groups is 1. The van der Waals surface area contributed by atoms with Crippen LogP contribution in [0.3, 0.4) is 0 Å². The lowest BCUT2D eigenvalue weighted by Gasteiger charge is -2.27. The Bertz CT molecular complexity index is 879. The highest BCUT2D eigenvalue weighted by Gasteiger charge is 2.48. The Kier molecular flexibility index (Phi) is 6.63. The Morgan fingerprint density at radius 3 is 2.63 bits per heavy atom. The molecule has 0 aromatic heterocycles. The van der Waals surface area contributed by atoms with E-state index in [2.05, 4.69) is 17.0 Å². The summed E-state index contributed by atoms with van der Waals surface area (Å²) in [6, 6.07) is 7.25. The summed E-state index contributed by atoms with van der Waals surface area (Å²) in [5.74, 6) is 4.59. The molecular formula is C19H23NO6S. The van der Waals surface area contributed by atoms with Crippen molar-refractivity contribution in [2.24, 2.45) is 5.16 Å². The fourth-order valence-electron chi connectivity index (χ4n) is 2.70. The normalized spacial score (nSPS) is 18.5. The molecule has 1 aromatic carbocycles. The van der Waals surface area contributed by atoms with E-state index in [1.807, 2.05) is 12.1 Å². The van der Waals surface area contributed by atoms with Crippen LogP contribution in [-0.4, -0.2) is 55.5 Å². The molecule has 2 rings (SSSR count). The molecule has 2 atom stereocenters. The van der Waals surface area contributed by atoms with Crippen LogP contribution >= 0.6 is 0 Å². The van der Waals surface area contributed by atoms with Crippen molar-refractivity contribution in [3.8, 4) is 11.8 Å². The molecule has 0 saturated heterocycles. The van der Waals surface area contributed by atoms with Gasteiger partial charge in [0.15, 0.2) is 14.6 Å². The molecule has 0 radical (unpaired) electrons. The van der Waals surface area contributed by atoms with E-state index in [1.165, 1.54) is 6.92 Å². The van der Waals surface area contributed by atoms with Crippen molar-refractivity contribution in [3.63, 3.8) is 0 Å². The van der Waals surface area contributed by atoms with Crippen LogP contribution in [0.5, 0.6) is 0 Å². The number of benzene rings is 1. The van der Waals surface area contributed by atoms with Gasteiger partial charge in [0.25, 0.3) is 0 Å². The minimum absolute atomic E-state index is 0.0439. The standard InChI is InChI=1S/C19H23NO6S/c1-4-25-18(22)19(2,27(3,23)24)13-16-12-17(20-26-16)15-9-7-14(8-10-15)6-5-11-21/h7-10,16,21H,4,11-13H2,1-3H3/t16-,19-/m1/s1. The van der Waals surface area contributed by atoms with Gasteiger partial charge in [0.05, 0.1) is 12.3 Å². The number of ether oxygens (including phenoxy) is 1.